The van der Waals surface area contributed by atoms with Crippen LogP contribution in [0, 0.1) is 11.3 Å². The van der Waals surface area contributed by atoms with Crippen LogP contribution in [-0.2, 0) is 0 Å². The molecule has 0 aliphatic rings. The van der Waals surface area contributed by atoms with Crippen molar-refractivity contribution >= 4 is 42.3 Å². The van der Waals surface area contributed by atoms with Gasteiger partial charge in [0.1, 0.15) is 0 Å². The number of nitrogens with zero attached hydrogens (tertiary/aromatic N) is 4. The van der Waals surface area contributed by atoms with E-state index in [1.54, 1.807) is 11.3 Å². The summed E-state index contributed by atoms with van der Waals surface area (Å²) in [5.74, 6) is 1.85. The predicted octanol–water partition coefficient (Wildman–Crippen LogP) is 9.93. The maximum absolute atomic E-state index is 9.49. The Balaban J connectivity index is 1.46. The highest BCUT2D eigenvalue weighted by molar-refractivity contribution is 7.26. The molecule has 0 bridgehead atoms. The molecule has 0 saturated carbocycles. The fourth-order valence-corrected chi connectivity index (χ4v) is 6.88. The second-order valence-corrected chi connectivity index (χ2v) is 11.4. The summed E-state index contributed by atoms with van der Waals surface area (Å²) in [5, 5.41) is 14.1. The molecule has 0 fully saturated rings. The van der Waals surface area contributed by atoms with Gasteiger partial charge in [0.2, 0.25) is 0 Å². The Kier molecular flexibility index (Phi) is 5.99. The van der Waals surface area contributed by atoms with Gasteiger partial charge in [-0.05, 0) is 46.7 Å². The minimum atomic E-state index is 0.605. The van der Waals surface area contributed by atoms with Crippen LogP contribution >= 0.6 is 11.3 Å². The minimum Gasteiger partial charge on any atom is -0.208 e. The van der Waals surface area contributed by atoms with Gasteiger partial charge in [-0.3, -0.25) is 0 Å². The zero-order valence-electron chi connectivity index (χ0n) is 22.9. The second-order valence-electron chi connectivity index (χ2n) is 10.3. The SMILES string of the molecule is N#Cc1ccc(-c2c(-c3nc(-c4ccccc4)nc(-c4cccc5ccccc45)n3)ccc3sc4ccccc4c23)cc1. The number of benzene rings is 6. The van der Waals surface area contributed by atoms with E-state index in [-0.39, 0.29) is 0 Å². The van der Waals surface area contributed by atoms with E-state index in [2.05, 4.69) is 72.8 Å². The Labute approximate surface area is 252 Å². The molecule has 5 heteroatoms. The maximum Gasteiger partial charge on any atom is 0.164 e. The Hall–Kier alpha value is -5.70. The van der Waals surface area contributed by atoms with Crippen molar-refractivity contribution in [1.29, 1.82) is 5.26 Å². The molecule has 0 amide bonds. The lowest BCUT2D eigenvalue weighted by molar-refractivity contribution is 1.08. The lowest BCUT2D eigenvalue weighted by Crippen LogP contribution is -2.01. The van der Waals surface area contributed by atoms with Crippen LogP contribution < -0.4 is 0 Å². The van der Waals surface area contributed by atoms with Gasteiger partial charge < -0.3 is 0 Å². The molecule has 0 N–H and O–H groups in total. The molecule has 0 saturated heterocycles. The summed E-state index contributed by atoms with van der Waals surface area (Å²) in [4.78, 5) is 15.3. The van der Waals surface area contributed by atoms with Gasteiger partial charge in [-0.2, -0.15) is 5.26 Å². The first kappa shape index (κ1) is 25.0. The summed E-state index contributed by atoms with van der Waals surface area (Å²) in [7, 11) is 0. The summed E-state index contributed by atoms with van der Waals surface area (Å²) in [6, 6.07) is 47.4. The van der Waals surface area contributed by atoms with Gasteiger partial charge in [-0.1, -0.05) is 103 Å². The standard InChI is InChI=1S/C38H22N4S/c39-23-24-17-19-26(20-18-24)34-31(21-22-33-35(34)30-14-6-7-16-32(30)43-33)38-41-36(27-10-2-1-3-11-27)40-37(42-38)29-15-8-12-25-9-4-5-13-28(25)29/h1-22H. The molecular formula is C38H22N4S. The van der Waals surface area contributed by atoms with Gasteiger partial charge in [-0.25, -0.2) is 15.0 Å². The lowest BCUT2D eigenvalue weighted by Gasteiger charge is -2.14. The minimum absolute atomic E-state index is 0.605. The van der Waals surface area contributed by atoms with E-state index >= 15 is 0 Å². The lowest BCUT2D eigenvalue weighted by atomic mass is 9.93. The summed E-state index contributed by atoms with van der Waals surface area (Å²) in [5.41, 5.74) is 5.49. The Morgan fingerprint density at radius 3 is 1.98 bits per heavy atom. The highest BCUT2D eigenvalue weighted by Crippen LogP contribution is 2.44. The van der Waals surface area contributed by atoms with Crippen molar-refractivity contribution in [2.75, 3.05) is 0 Å². The molecule has 0 aliphatic carbocycles. The fraction of sp³-hybridized carbons (Fsp3) is 0. The van der Waals surface area contributed by atoms with E-state index in [1.165, 1.54) is 14.8 Å². The third kappa shape index (κ3) is 4.33. The van der Waals surface area contributed by atoms with Crippen LogP contribution in [0.2, 0.25) is 0 Å². The van der Waals surface area contributed by atoms with E-state index in [0.29, 0.717) is 23.0 Å². The highest BCUT2D eigenvalue weighted by atomic mass is 32.1. The zero-order chi connectivity index (χ0) is 28.8. The summed E-state index contributed by atoms with van der Waals surface area (Å²) >= 11 is 1.78. The molecule has 0 spiro atoms. The molecule has 6 aromatic carbocycles. The third-order valence-electron chi connectivity index (χ3n) is 7.78. The summed E-state index contributed by atoms with van der Waals surface area (Å²) < 4.78 is 2.41. The molecule has 43 heavy (non-hydrogen) atoms. The largest absolute Gasteiger partial charge is 0.208 e. The van der Waals surface area contributed by atoms with Crippen LogP contribution in [0.25, 0.3) is 76.2 Å². The molecule has 2 aromatic heterocycles. The molecule has 8 aromatic rings. The molecule has 0 atom stereocenters. The van der Waals surface area contributed by atoms with Gasteiger partial charge in [0, 0.05) is 42.4 Å². The fourth-order valence-electron chi connectivity index (χ4n) is 5.77. The molecule has 4 nitrogen and oxygen atoms in total. The number of hydrogen-bond acceptors (Lipinski definition) is 5. The van der Waals surface area contributed by atoms with Gasteiger partial charge >= 0.3 is 0 Å². The van der Waals surface area contributed by atoms with Gasteiger partial charge in [0.25, 0.3) is 0 Å². The molecule has 0 unspecified atom stereocenters. The molecule has 0 aliphatic heterocycles. The molecule has 8 rings (SSSR count). The number of hydrogen-bond donors (Lipinski definition) is 0. The molecule has 200 valence electrons. The van der Waals surface area contributed by atoms with Crippen molar-refractivity contribution in [3.63, 3.8) is 0 Å². The first-order valence-corrected chi connectivity index (χ1v) is 14.8. The molecule has 0 radical (unpaired) electrons. The number of aromatic nitrogens is 3. The van der Waals surface area contributed by atoms with Crippen molar-refractivity contribution in [1.82, 2.24) is 15.0 Å². The molecular weight excluding hydrogens is 545 g/mol. The van der Waals surface area contributed by atoms with Crippen LogP contribution in [-0.4, -0.2) is 15.0 Å². The van der Waals surface area contributed by atoms with Crippen molar-refractivity contribution in [2.24, 2.45) is 0 Å². The number of rotatable bonds is 4. The first-order chi connectivity index (χ1) is 21.3. The van der Waals surface area contributed by atoms with Crippen molar-refractivity contribution < 1.29 is 0 Å². The second kappa shape index (κ2) is 10.3. The molecule has 2 heterocycles. The summed E-state index contributed by atoms with van der Waals surface area (Å²) in [6.45, 7) is 0. The normalized spacial score (nSPS) is 11.2. The third-order valence-corrected chi connectivity index (χ3v) is 8.92. The van der Waals surface area contributed by atoms with Gasteiger partial charge in [0.15, 0.2) is 17.5 Å². The smallest absolute Gasteiger partial charge is 0.164 e. The Morgan fingerprint density at radius 1 is 0.488 bits per heavy atom. The average Bonchev–Trinajstić information content (AvgIpc) is 3.47. The number of thiophene rings is 1. The summed E-state index contributed by atoms with van der Waals surface area (Å²) in [6.07, 6.45) is 0. The number of nitriles is 1. The van der Waals surface area contributed by atoms with Gasteiger partial charge in [0.05, 0.1) is 11.6 Å². The Bertz CT molecular complexity index is 2340. The van der Waals surface area contributed by atoms with E-state index in [1.807, 2.05) is 66.7 Å². The highest BCUT2D eigenvalue weighted by Gasteiger charge is 2.20. The maximum atomic E-state index is 9.49. The van der Waals surface area contributed by atoms with E-state index in [9.17, 15) is 5.26 Å². The van der Waals surface area contributed by atoms with Crippen LogP contribution in [0.3, 0.4) is 0 Å². The number of fused-ring (bicyclic) bond motifs is 4. The van der Waals surface area contributed by atoms with Crippen molar-refractivity contribution in [2.45, 2.75) is 0 Å². The van der Waals surface area contributed by atoms with Crippen LogP contribution in [0.5, 0.6) is 0 Å². The topological polar surface area (TPSA) is 62.5 Å². The van der Waals surface area contributed by atoms with E-state index in [4.69, 9.17) is 15.0 Å². The zero-order valence-corrected chi connectivity index (χ0v) is 23.7. The van der Waals surface area contributed by atoms with Crippen LogP contribution in [0.4, 0.5) is 0 Å². The average molecular weight is 567 g/mol. The van der Waals surface area contributed by atoms with Crippen molar-refractivity contribution in [3.8, 4) is 51.4 Å². The monoisotopic (exact) mass is 566 g/mol. The predicted molar refractivity (Wildman–Crippen MR) is 177 cm³/mol. The van der Waals surface area contributed by atoms with Crippen LogP contribution in [0.1, 0.15) is 5.56 Å². The van der Waals surface area contributed by atoms with Crippen LogP contribution in [0.15, 0.2) is 133 Å². The van der Waals surface area contributed by atoms with Crippen molar-refractivity contribution in [3.05, 3.63) is 139 Å². The van der Waals surface area contributed by atoms with E-state index in [0.717, 1.165) is 44.0 Å². The van der Waals surface area contributed by atoms with E-state index < -0.39 is 0 Å². The Morgan fingerprint density at radius 2 is 1.16 bits per heavy atom. The first-order valence-electron chi connectivity index (χ1n) is 14.0. The quantitative estimate of drug-likeness (QED) is 0.213. The van der Waals surface area contributed by atoms with Gasteiger partial charge in [-0.15, -0.1) is 11.3 Å².